The lowest BCUT2D eigenvalue weighted by atomic mass is 9.88. The summed E-state index contributed by atoms with van der Waals surface area (Å²) >= 11 is 0. The molecule has 2 fully saturated rings. The van der Waals surface area contributed by atoms with E-state index in [9.17, 15) is 0 Å². The number of piperazine rings is 1. The first-order valence-electron chi connectivity index (χ1n) is 14.2. The maximum atomic E-state index is 5.16. The molecule has 1 saturated heterocycles. The van der Waals surface area contributed by atoms with Crippen LogP contribution < -0.4 is 5.32 Å². The van der Waals surface area contributed by atoms with Crippen molar-refractivity contribution in [1.29, 1.82) is 0 Å². The monoisotopic (exact) mass is 498 g/mol. The second-order valence-electron chi connectivity index (χ2n) is 10.9. The van der Waals surface area contributed by atoms with Gasteiger partial charge in [-0.1, -0.05) is 44.6 Å². The second kappa shape index (κ2) is 12.1. The minimum Gasteiger partial charge on any atom is -0.368 e. The first kappa shape index (κ1) is 27.2. The third-order valence-corrected chi connectivity index (χ3v) is 8.25. The van der Waals surface area contributed by atoms with Crippen LogP contribution in [0.4, 0.5) is 0 Å². The quantitative estimate of drug-likeness (QED) is 0.350. The molecule has 4 nitrogen and oxygen atoms in total. The fraction of sp³-hybridized carbons (Fsp3) is 0.485. The molecule has 37 heavy (non-hydrogen) atoms. The van der Waals surface area contributed by atoms with E-state index >= 15 is 0 Å². The summed E-state index contributed by atoms with van der Waals surface area (Å²) in [5, 5.41) is 3.46. The molecule has 0 aromatic heterocycles. The predicted octanol–water partition coefficient (Wildman–Crippen LogP) is 7.56. The Labute approximate surface area is 225 Å². The maximum Gasteiger partial charge on any atom is 0.137 e. The lowest BCUT2D eigenvalue weighted by Crippen LogP contribution is -2.44. The van der Waals surface area contributed by atoms with Gasteiger partial charge in [-0.25, -0.2) is 4.99 Å². The van der Waals surface area contributed by atoms with Crippen molar-refractivity contribution < 1.29 is 0 Å². The first-order chi connectivity index (χ1) is 17.8. The van der Waals surface area contributed by atoms with E-state index in [1.165, 1.54) is 52.9 Å². The molecule has 0 aromatic carbocycles. The van der Waals surface area contributed by atoms with Gasteiger partial charge in [0.1, 0.15) is 5.84 Å². The Hall–Kier alpha value is -2.85. The summed E-state index contributed by atoms with van der Waals surface area (Å²) in [7, 11) is 0. The summed E-state index contributed by atoms with van der Waals surface area (Å²) in [6.45, 7) is 21.9. The van der Waals surface area contributed by atoms with Gasteiger partial charge in [0.05, 0.1) is 11.4 Å². The van der Waals surface area contributed by atoms with Gasteiger partial charge < -0.3 is 10.2 Å². The Morgan fingerprint density at radius 1 is 1.11 bits per heavy atom. The van der Waals surface area contributed by atoms with Crippen molar-refractivity contribution in [2.24, 2.45) is 10.9 Å². The molecule has 0 amide bonds. The number of nitrogens with one attached hydrogen (secondary N) is 1. The maximum absolute atomic E-state index is 5.16. The van der Waals surface area contributed by atoms with Crippen molar-refractivity contribution in [3.8, 4) is 0 Å². The summed E-state index contributed by atoms with van der Waals surface area (Å²) in [6, 6.07) is 0. The fourth-order valence-electron chi connectivity index (χ4n) is 5.30. The molecule has 1 aliphatic carbocycles. The zero-order valence-electron chi connectivity index (χ0n) is 24.0. The van der Waals surface area contributed by atoms with Crippen molar-refractivity contribution in [1.82, 2.24) is 15.1 Å². The topological polar surface area (TPSA) is 30.9 Å². The number of hydrogen-bond donors (Lipinski definition) is 1. The third kappa shape index (κ3) is 6.18. The highest BCUT2D eigenvalue weighted by molar-refractivity contribution is 5.99. The standard InChI is InChI=1S/C33H46N4/c1-8-24(5)25(6)19-28(30(9-2)23(3)4)20-26(7)31-21-32(27-11-10-12-27)37-22-29(13-14-33(37)35-31)36-17-15-34-16-18-36/h13-14,19-22,24,34H,3,8-12,15-18H2,1-2,4-7H3/b25-19-,26-20+,30-28+. The van der Waals surface area contributed by atoms with E-state index in [4.69, 9.17) is 4.99 Å². The van der Waals surface area contributed by atoms with E-state index in [1.54, 1.807) is 5.57 Å². The second-order valence-corrected chi connectivity index (χ2v) is 10.9. The highest BCUT2D eigenvalue weighted by Gasteiger charge is 2.27. The smallest absolute Gasteiger partial charge is 0.137 e. The van der Waals surface area contributed by atoms with Gasteiger partial charge in [-0.3, -0.25) is 4.90 Å². The number of nitrogens with zero attached hydrogens (tertiary/aromatic N) is 3. The minimum atomic E-state index is 0.564. The normalized spacial score (nSPS) is 22.1. The molecular formula is C33H46N4. The van der Waals surface area contributed by atoms with Crippen LogP contribution in [0, 0.1) is 5.92 Å². The largest absolute Gasteiger partial charge is 0.368 e. The van der Waals surface area contributed by atoms with Gasteiger partial charge in [0.25, 0.3) is 0 Å². The highest BCUT2D eigenvalue weighted by Crippen LogP contribution is 2.37. The molecule has 0 spiro atoms. The Balaban J connectivity index is 1.72. The number of rotatable bonds is 8. The minimum absolute atomic E-state index is 0.564. The lowest BCUT2D eigenvalue weighted by molar-refractivity contribution is 0.303. The van der Waals surface area contributed by atoms with Crippen molar-refractivity contribution in [3.05, 3.63) is 93.7 Å². The summed E-state index contributed by atoms with van der Waals surface area (Å²) in [5.41, 5.74) is 11.6. The molecule has 1 atom stereocenters. The van der Waals surface area contributed by atoms with Gasteiger partial charge >= 0.3 is 0 Å². The van der Waals surface area contributed by atoms with Crippen LogP contribution in [-0.2, 0) is 0 Å². The Kier molecular flexibility index (Phi) is 8.91. The van der Waals surface area contributed by atoms with E-state index in [0.717, 1.165) is 56.1 Å². The zero-order valence-corrected chi connectivity index (χ0v) is 24.0. The van der Waals surface area contributed by atoms with Crippen LogP contribution in [0.3, 0.4) is 0 Å². The van der Waals surface area contributed by atoms with E-state index in [2.05, 4.69) is 99.8 Å². The number of aliphatic imine (C=N–C) groups is 1. The molecule has 1 N–H and O–H groups in total. The van der Waals surface area contributed by atoms with Crippen LogP contribution >= 0.6 is 0 Å². The van der Waals surface area contributed by atoms with Gasteiger partial charge in [0.2, 0.25) is 0 Å². The van der Waals surface area contributed by atoms with Crippen molar-refractivity contribution >= 4 is 5.84 Å². The fourth-order valence-corrected chi connectivity index (χ4v) is 5.30. The number of fused-ring (bicyclic) bond motifs is 1. The summed E-state index contributed by atoms with van der Waals surface area (Å²) < 4.78 is 0. The van der Waals surface area contributed by atoms with Crippen LogP contribution in [0.15, 0.2) is 98.7 Å². The molecule has 3 aliphatic heterocycles. The predicted molar refractivity (Wildman–Crippen MR) is 159 cm³/mol. The SMILES string of the molecule is C=C(C)/C(CC)=C(\C=C(\C)C(C)CC)/C=C(\C)C1=CC(=C2CCC2)N2C=C(N3CCNCC3)C=CC2=N1. The van der Waals surface area contributed by atoms with Crippen LogP contribution in [0.1, 0.15) is 73.6 Å². The third-order valence-electron chi connectivity index (χ3n) is 8.25. The Bertz CT molecular complexity index is 1150. The van der Waals surface area contributed by atoms with E-state index in [1.807, 2.05) is 0 Å². The van der Waals surface area contributed by atoms with E-state index in [0.29, 0.717) is 5.92 Å². The average molecular weight is 499 g/mol. The molecule has 1 saturated carbocycles. The van der Waals surface area contributed by atoms with Gasteiger partial charge in [-0.05, 0) is 105 Å². The van der Waals surface area contributed by atoms with Crippen LogP contribution in [0.5, 0.6) is 0 Å². The lowest BCUT2D eigenvalue weighted by Gasteiger charge is -2.37. The van der Waals surface area contributed by atoms with Gasteiger partial charge in [0, 0.05) is 38.1 Å². The van der Waals surface area contributed by atoms with Crippen LogP contribution in [-0.4, -0.2) is 41.8 Å². The zero-order chi connectivity index (χ0) is 26.5. The van der Waals surface area contributed by atoms with E-state index in [-0.39, 0.29) is 0 Å². The molecule has 0 aromatic rings. The van der Waals surface area contributed by atoms with Crippen molar-refractivity contribution in [3.63, 3.8) is 0 Å². The molecular weight excluding hydrogens is 452 g/mol. The molecule has 3 heterocycles. The number of allylic oxidation sites excluding steroid dienone is 10. The molecule has 198 valence electrons. The summed E-state index contributed by atoms with van der Waals surface area (Å²) in [5.74, 6) is 1.58. The molecule has 1 unspecified atom stereocenters. The van der Waals surface area contributed by atoms with Crippen molar-refractivity contribution in [2.45, 2.75) is 73.6 Å². The molecule has 4 rings (SSSR count). The molecule has 4 aliphatic rings. The molecule has 0 radical (unpaired) electrons. The Morgan fingerprint density at radius 3 is 2.43 bits per heavy atom. The van der Waals surface area contributed by atoms with Gasteiger partial charge in [-0.2, -0.15) is 0 Å². The number of amidine groups is 1. The average Bonchev–Trinajstić information content (AvgIpc) is 2.87. The van der Waals surface area contributed by atoms with Crippen molar-refractivity contribution in [2.75, 3.05) is 26.2 Å². The van der Waals surface area contributed by atoms with Crippen LogP contribution in [0.25, 0.3) is 0 Å². The molecule has 4 heteroatoms. The summed E-state index contributed by atoms with van der Waals surface area (Å²) in [6.07, 6.45) is 19.6. The van der Waals surface area contributed by atoms with Crippen LogP contribution in [0.2, 0.25) is 0 Å². The van der Waals surface area contributed by atoms with Gasteiger partial charge in [0.15, 0.2) is 0 Å². The van der Waals surface area contributed by atoms with E-state index < -0.39 is 0 Å². The Morgan fingerprint density at radius 2 is 1.84 bits per heavy atom. The first-order valence-corrected chi connectivity index (χ1v) is 14.2. The highest BCUT2D eigenvalue weighted by atomic mass is 15.3. The van der Waals surface area contributed by atoms with Gasteiger partial charge in [-0.15, -0.1) is 0 Å². The number of hydrogen-bond acceptors (Lipinski definition) is 4. The summed E-state index contributed by atoms with van der Waals surface area (Å²) in [4.78, 5) is 9.97. The molecule has 0 bridgehead atoms.